The fourth-order valence-electron chi connectivity index (χ4n) is 1.09. The van der Waals surface area contributed by atoms with Crippen LogP contribution in [0, 0.1) is 11.8 Å². The standard InChI is InChI=1S/C11H8F3NO/c12-11(13,14)10-4-3-9(7-16)8(6-10)2-1-5-15/h3-4,6-7H,5,15H2. The number of alkyl halides is 3. The topological polar surface area (TPSA) is 43.1 Å². The summed E-state index contributed by atoms with van der Waals surface area (Å²) in [5.74, 6) is 4.84. The summed E-state index contributed by atoms with van der Waals surface area (Å²) >= 11 is 0. The van der Waals surface area contributed by atoms with Crippen molar-refractivity contribution in [3.8, 4) is 11.8 Å². The minimum Gasteiger partial charge on any atom is -0.320 e. The van der Waals surface area contributed by atoms with Gasteiger partial charge in [-0.2, -0.15) is 13.2 Å². The maximum absolute atomic E-state index is 12.4. The summed E-state index contributed by atoms with van der Waals surface area (Å²) < 4.78 is 37.1. The van der Waals surface area contributed by atoms with Crippen molar-refractivity contribution in [3.63, 3.8) is 0 Å². The quantitative estimate of drug-likeness (QED) is 0.587. The highest BCUT2D eigenvalue weighted by Gasteiger charge is 2.30. The number of hydrogen-bond donors (Lipinski definition) is 1. The summed E-state index contributed by atoms with van der Waals surface area (Å²) in [6.45, 7) is 0.0224. The van der Waals surface area contributed by atoms with Gasteiger partial charge in [0.15, 0.2) is 6.29 Å². The molecule has 1 rings (SSSR count). The van der Waals surface area contributed by atoms with Crippen molar-refractivity contribution >= 4 is 6.29 Å². The normalized spacial score (nSPS) is 10.5. The molecule has 2 N–H and O–H groups in total. The first-order chi connectivity index (χ1) is 7.49. The highest BCUT2D eigenvalue weighted by molar-refractivity contribution is 5.79. The van der Waals surface area contributed by atoms with Crippen molar-refractivity contribution in [1.82, 2.24) is 0 Å². The molecule has 84 valence electrons. The minimum absolute atomic E-state index is 0.0224. The number of carbonyl (C=O) groups excluding carboxylic acids is 1. The van der Waals surface area contributed by atoms with Crippen LogP contribution in [0.5, 0.6) is 0 Å². The molecule has 0 aliphatic heterocycles. The molecule has 1 aromatic carbocycles. The molecule has 0 radical (unpaired) electrons. The third-order valence-corrected chi connectivity index (χ3v) is 1.83. The highest BCUT2D eigenvalue weighted by Crippen LogP contribution is 2.30. The van der Waals surface area contributed by atoms with Crippen LogP contribution in [0.1, 0.15) is 21.5 Å². The van der Waals surface area contributed by atoms with Crippen LogP contribution in [0.15, 0.2) is 18.2 Å². The van der Waals surface area contributed by atoms with Gasteiger partial charge in [-0.15, -0.1) is 0 Å². The molecule has 0 bridgehead atoms. The van der Waals surface area contributed by atoms with Gasteiger partial charge in [0.25, 0.3) is 0 Å². The Kier molecular flexibility index (Phi) is 3.69. The van der Waals surface area contributed by atoms with Crippen LogP contribution in [0.3, 0.4) is 0 Å². The number of nitrogens with two attached hydrogens (primary N) is 1. The van der Waals surface area contributed by atoms with Crippen molar-refractivity contribution in [2.45, 2.75) is 6.18 Å². The average Bonchev–Trinajstić information content (AvgIpc) is 2.24. The Morgan fingerprint density at radius 1 is 1.38 bits per heavy atom. The van der Waals surface area contributed by atoms with Crippen molar-refractivity contribution < 1.29 is 18.0 Å². The fourth-order valence-corrected chi connectivity index (χ4v) is 1.09. The van der Waals surface area contributed by atoms with Gasteiger partial charge in [0, 0.05) is 11.1 Å². The number of carbonyl (C=O) groups is 1. The monoisotopic (exact) mass is 227 g/mol. The van der Waals surface area contributed by atoms with Crippen LogP contribution in [-0.2, 0) is 6.18 Å². The molecule has 0 heterocycles. The SMILES string of the molecule is NCC#Cc1cc(C(F)(F)F)ccc1C=O. The molecule has 0 aromatic heterocycles. The summed E-state index contributed by atoms with van der Waals surface area (Å²) in [4.78, 5) is 10.6. The second-order valence-corrected chi connectivity index (χ2v) is 2.92. The average molecular weight is 227 g/mol. The van der Waals surface area contributed by atoms with E-state index in [1.165, 1.54) is 0 Å². The Hall–Kier alpha value is -1.80. The minimum atomic E-state index is -4.44. The molecule has 0 amide bonds. The van der Waals surface area contributed by atoms with Crippen LogP contribution in [0.4, 0.5) is 13.2 Å². The van der Waals surface area contributed by atoms with E-state index in [9.17, 15) is 18.0 Å². The zero-order valence-corrected chi connectivity index (χ0v) is 8.14. The number of halogens is 3. The van der Waals surface area contributed by atoms with Crippen molar-refractivity contribution in [1.29, 1.82) is 0 Å². The molecule has 2 nitrogen and oxygen atoms in total. The van der Waals surface area contributed by atoms with Gasteiger partial charge < -0.3 is 5.73 Å². The molecule has 0 saturated heterocycles. The number of aldehydes is 1. The van der Waals surface area contributed by atoms with E-state index in [-0.39, 0.29) is 17.7 Å². The number of hydrogen-bond acceptors (Lipinski definition) is 2. The first-order valence-electron chi connectivity index (χ1n) is 4.34. The molecule has 1 aromatic rings. The lowest BCUT2D eigenvalue weighted by atomic mass is 10.0. The van der Waals surface area contributed by atoms with E-state index in [1.54, 1.807) is 0 Å². The molecular weight excluding hydrogens is 219 g/mol. The fraction of sp³-hybridized carbons (Fsp3) is 0.182. The second kappa shape index (κ2) is 4.81. The zero-order chi connectivity index (χ0) is 12.2. The smallest absolute Gasteiger partial charge is 0.320 e. The van der Waals surface area contributed by atoms with Crippen molar-refractivity contribution in [3.05, 3.63) is 34.9 Å². The largest absolute Gasteiger partial charge is 0.416 e. The van der Waals surface area contributed by atoms with E-state index >= 15 is 0 Å². The van der Waals surface area contributed by atoms with Crippen LogP contribution < -0.4 is 5.73 Å². The summed E-state index contributed by atoms with van der Waals surface area (Å²) in [5.41, 5.74) is 4.43. The number of benzene rings is 1. The Labute approximate surface area is 90.3 Å². The van der Waals surface area contributed by atoms with Gasteiger partial charge in [-0.3, -0.25) is 4.79 Å². The van der Waals surface area contributed by atoms with Gasteiger partial charge in [0.2, 0.25) is 0 Å². The predicted molar refractivity (Wildman–Crippen MR) is 52.8 cm³/mol. The summed E-state index contributed by atoms with van der Waals surface area (Å²) in [5, 5.41) is 0. The Morgan fingerprint density at radius 2 is 2.06 bits per heavy atom. The van der Waals surface area contributed by atoms with E-state index in [2.05, 4.69) is 11.8 Å². The van der Waals surface area contributed by atoms with Gasteiger partial charge in [0.05, 0.1) is 12.1 Å². The molecule has 5 heteroatoms. The van der Waals surface area contributed by atoms with Crippen LogP contribution in [0.2, 0.25) is 0 Å². The Balaban J connectivity index is 3.27. The summed E-state index contributed by atoms with van der Waals surface area (Å²) in [6.07, 6.45) is -3.98. The van der Waals surface area contributed by atoms with Crippen LogP contribution >= 0.6 is 0 Å². The van der Waals surface area contributed by atoms with Gasteiger partial charge in [-0.05, 0) is 18.2 Å². The molecule has 0 atom stereocenters. The van der Waals surface area contributed by atoms with Gasteiger partial charge in [-0.1, -0.05) is 11.8 Å². The van der Waals surface area contributed by atoms with Gasteiger partial charge in [-0.25, -0.2) is 0 Å². The first-order valence-corrected chi connectivity index (χ1v) is 4.34. The molecule has 0 unspecified atom stereocenters. The summed E-state index contributed by atoms with van der Waals surface area (Å²) in [7, 11) is 0. The first kappa shape index (κ1) is 12.3. The Morgan fingerprint density at radius 3 is 2.56 bits per heavy atom. The van der Waals surface area contributed by atoms with E-state index in [1.807, 2.05) is 0 Å². The summed E-state index contributed by atoms with van der Waals surface area (Å²) in [6, 6.07) is 2.78. The Bertz CT molecular complexity index is 455. The lowest BCUT2D eigenvalue weighted by molar-refractivity contribution is -0.137. The molecule has 0 aliphatic rings. The zero-order valence-electron chi connectivity index (χ0n) is 8.14. The molecule has 0 saturated carbocycles. The van der Waals surface area contributed by atoms with Crippen LogP contribution in [0.25, 0.3) is 0 Å². The van der Waals surface area contributed by atoms with Crippen molar-refractivity contribution in [2.24, 2.45) is 5.73 Å². The second-order valence-electron chi connectivity index (χ2n) is 2.92. The maximum Gasteiger partial charge on any atom is 0.416 e. The lowest BCUT2D eigenvalue weighted by Crippen LogP contribution is -2.06. The predicted octanol–water partition coefficient (Wildman–Crippen LogP) is 1.83. The van der Waals surface area contributed by atoms with E-state index in [0.717, 1.165) is 18.2 Å². The van der Waals surface area contributed by atoms with Crippen LogP contribution in [-0.4, -0.2) is 12.8 Å². The molecule has 0 spiro atoms. The maximum atomic E-state index is 12.4. The third kappa shape index (κ3) is 2.84. The molecule has 0 aliphatic carbocycles. The molecule has 0 fully saturated rings. The van der Waals surface area contributed by atoms with Gasteiger partial charge >= 0.3 is 6.18 Å². The molecule has 16 heavy (non-hydrogen) atoms. The van der Waals surface area contributed by atoms with Gasteiger partial charge in [0.1, 0.15) is 0 Å². The van der Waals surface area contributed by atoms with E-state index in [4.69, 9.17) is 5.73 Å². The molecular formula is C11H8F3NO. The van der Waals surface area contributed by atoms with Crippen molar-refractivity contribution in [2.75, 3.05) is 6.54 Å². The van der Waals surface area contributed by atoms with E-state index < -0.39 is 11.7 Å². The third-order valence-electron chi connectivity index (χ3n) is 1.83. The van der Waals surface area contributed by atoms with E-state index in [0.29, 0.717) is 6.29 Å². The highest BCUT2D eigenvalue weighted by atomic mass is 19.4. The number of rotatable bonds is 1. The lowest BCUT2D eigenvalue weighted by Gasteiger charge is -2.07.